The number of hydrogen-bond acceptors (Lipinski definition) is 5. The van der Waals surface area contributed by atoms with Gasteiger partial charge in [0.05, 0.1) is 23.4 Å². The van der Waals surface area contributed by atoms with Crippen molar-refractivity contribution < 1.29 is 18.3 Å². The number of carbonyl (C=O) groups is 1. The van der Waals surface area contributed by atoms with Crippen molar-refractivity contribution in [3.8, 4) is 5.75 Å². The van der Waals surface area contributed by atoms with Gasteiger partial charge >= 0.3 is 0 Å². The zero-order chi connectivity index (χ0) is 21.5. The number of rotatable bonds is 5. The average Bonchev–Trinajstić information content (AvgIpc) is 3.16. The summed E-state index contributed by atoms with van der Waals surface area (Å²) < 4.78 is 30.5. The summed E-state index contributed by atoms with van der Waals surface area (Å²) >= 11 is 0. The van der Waals surface area contributed by atoms with E-state index < -0.39 is 20.2 Å². The van der Waals surface area contributed by atoms with Crippen LogP contribution in [0, 0.1) is 0 Å². The van der Waals surface area contributed by atoms with Crippen molar-refractivity contribution in [1.29, 1.82) is 0 Å². The second kappa shape index (κ2) is 7.80. The lowest BCUT2D eigenvalue weighted by Crippen LogP contribution is -2.67. The Kier molecular flexibility index (Phi) is 5.46. The van der Waals surface area contributed by atoms with Crippen LogP contribution in [-0.2, 0) is 32.3 Å². The molecule has 2 saturated heterocycles. The van der Waals surface area contributed by atoms with Crippen LogP contribution >= 0.6 is 0 Å². The first kappa shape index (κ1) is 21.0. The predicted molar refractivity (Wildman–Crippen MR) is 116 cm³/mol. The van der Waals surface area contributed by atoms with Gasteiger partial charge in [0.2, 0.25) is 4.75 Å². The molecule has 0 radical (unpaired) electrons. The minimum absolute atomic E-state index is 0.309. The third-order valence-electron chi connectivity index (χ3n) is 6.33. The lowest BCUT2D eigenvalue weighted by molar-refractivity contribution is -0.137. The molecule has 0 aromatic heterocycles. The fourth-order valence-electron chi connectivity index (χ4n) is 4.56. The molecule has 160 valence electrons. The smallest absolute Gasteiger partial charge is 0.278 e. The number of fused-ring (bicyclic) bond motifs is 1. The summed E-state index contributed by atoms with van der Waals surface area (Å²) in [6.07, 6.45) is 0. The first-order valence-corrected chi connectivity index (χ1v) is 11.7. The van der Waals surface area contributed by atoms with E-state index in [1.165, 1.54) is 0 Å². The molecule has 1 unspecified atom stereocenters. The Morgan fingerprint density at radius 1 is 1.07 bits per heavy atom. The molecule has 30 heavy (non-hydrogen) atoms. The van der Waals surface area contributed by atoms with Gasteiger partial charge in [-0.15, -0.1) is 4.21 Å². The molecule has 0 N–H and O–H groups in total. The summed E-state index contributed by atoms with van der Waals surface area (Å²) in [5.74, 6) is 0.467. The number of ether oxygens (including phenoxy) is 1. The van der Waals surface area contributed by atoms with Gasteiger partial charge in [0.15, 0.2) is 5.25 Å². The number of methoxy groups -OCH3 is 1. The van der Waals surface area contributed by atoms with Gasteiger partial charge in [-0.05, 0) is 37.1 Å². The SMILES string of the molecule is COc1cccc(CN2C[C@H]3[C@H](C2)[S+](=O)([O-])C(C)(C)C(=O)N3Cc2ccccc2)c1. The van der Waals surface area contributed by atoms with Gasteiger partial charge in [0.1, 0.15) is 5.75 Å². The van der Waals surface area contributed by atoms with E-state index in [1.807, 2.05) is 54.6 Å². The van der Waals surface area contributed by atoms with Crippen molar-refractivity contribution in [1.82, 2.24) is 9.80 Å². The topological polar surface area (TPSA) is 72.9 Å². The molecule has 2 fully saturated rings. The molecule has 7 heteroatoms. The average molecular weight is 429 g/mol. The molecule has 0 spiro atoms. The van der Waals surface area contributed by atoms with Crippen LogP contribution < -0.4 is 4.74 Å². The Morgan fingerprint density at radius 3 is 2.47 bits per heavy atom. The van der Waals surface area contributed by atoms with Gasteiger partial charge in [-0.2, -0.15) is 0 Å². The van der Waals surface area contributed by atoms with Gasteiger partial charge in [-0.25, -0.2) is 0 Å². The Labute approximate surface area is 179 Å². The van der Waals surface area contributed by atoms with Crippen molar-refractivity contribution in [2.45, 2.75) is 43.0 Å². The standard InChI is InChI=1S/C23H28N2O4S/c1-23(2)22(26)25(14-17-8-5-4-6-9-17)20-15-24(16-21(20)30(23,27)28)13-18-10-7-11-19(12-18)29-3/h4-12,20-21H,13-16H2,1-3H3/t20-,21-/m0/s1. The molecule has 2 aromatic carbocycles. The molecule has 0 saturated carbocycles. The van der Waals surface area contributed by atoms with Crippen LogP contribution in [0.2, 0.25) is 0 Å². The number of amides is 1. The molecule has 0 aliphatic carbocycles. The second-order valence-corrected chi connectivity index (χ2v) is 11.3. The lowest BCUT2D eigenvalue weighted by Gasteiger charge is -2.47. The first-order valence-electron chi connectivity index (χ1n) is 10.2. The molecule has 2 aliphatic rings. The van der Waals surface area contributed by atoms with Crippen LogP contribution in [0.25, 0.3) is 0 Å². The molecule has 4 rings (SSSR count). The molecule has 3 atom stereocenters. The number of carbonyl (C=O) groups excluding carboxylic acids is 1. The van der Waals surface area contributed by atoms with Crippen LogP contribution in [-0.4, -0.2) is 56.5 Å². The number of nitrogens with zero attached hydrogens (tertiary/aromatic N) is 2. The van der Waals surface area contributed by atoms with Crippen LogP contribution in [0.4, 0.5) is 0 Å². The highest BCUT2D eigenvalue weighted by molar-refractivity contribution is 8.00. The van der Waals surface area contributed by atoms with Crippen LogP contribution in [0.1, 0.15) is 25.0 Å². The molecular weight excluding hydrogens is 400 g/mol. The van der Waals surface area contributed by atoms with E-state index in [0.29, 0.717) is 26.2 Å². The summed E-state index contributed by atoms with van der Waals surface area (Å²) in [6, 6.07) is 17.2. The summed E-state index contributed by atoms with van der Waals surface area (Å²) in [7, 11) is -1.98. The number of likely N-dealkylation sites (tertiary alicyclic amines) is 1. The molecule has 2 aromatic rings. The monoisotopic (exact) mass is 428 g/mol. The van der Waals surface area contributed by atoms with Crippen molar-refractivity contribution in [2.24, 2.45) is 0 Å². The van der Waals surface area contributed by atoms with Gasteiger partial charge in [-0.1, -0.05) is 42.5 Å². The first-order chi connectivity index (χ1) is 14.2. The van der Waals surface area contributed by atoms with Gasteiger partial charge in [0.25, 0.3) is 5.91 Å². The summed E-state index contributed by atoms with van der Waals surface area (Å²) in [4.78, 5) is 17.2. The maximum absolute atomic E-state index is 13.3. The largest absolute Gasteiger partial charge is 0.614 e. The van der Waals surface area contributed by atoms with Gasteiger partial charge in [-0.3, -0.25) is 9.69 Å². The van der Waals surface area contributed by atoms with Crippen molar-refractivity contribution in [3.63, 3.8) is 0 Å². The van der Waals surface area contributed by atoms with Gasteiger partial charge < -0.3 is 14.2 Å². The Bertz CT molecular complexity index is 978. The van der Waals surface area contributed by atoms with E-state index in [2.05, 4.69) is 4.90 Å². The molecule has 1 amide bonds. The number of benzene rings is 2. The molecule has 2 heterocycles. The third kappa shape index (κ3) is 3.55. The fraction of sp³-hybridized carbons (Fsp3) is 0.435. The summed E-state index contributed by atoms with van der Waals surface area (Å²) in [6.45, 7) is 5.09. The second-order valence-electron chi connectivity index (χ2n) is 8.63. The Morgan fingerprint density at radius 2 is 1.77 bits per heavy atom. The Hall–Kier alpha value is -2.22. The van der Waals surface area contributed by atoms with Crippen molar-refractivity contribution in [3.05, 3.63) is 65.7 Å². The van der Waals surface area contributed by atoms with E-state index >= 15 is 0 Å². The molecule has 0 bridgehead atoms. The maximum Gasteiger partial charge on any atom is 0.278 e. The minimum atomic E-state index is -3.61. The lowest BCUT2D eigenvalue weighted by atomic mass is 10.1. The molecular formula is C23H28N2O4S. The van der Waals surface area contributed by atoms with Crippen molar-refractivity contribution >= 4 is 16.1 Å². The zero-order valence-electron chi connectivity index (χ0n) is 17.6. The van der Waals surface area contributed by atoms with E-state index in [0.717, 1.165) is 16.9 Å². The summed E-state index contributed by atoms with van der Waals surface area (Å²) in [5.41, 5.74) is 2.07. The van der Waals surface area contributed by atoms with Crippen LogP contribution in [0.15, 0.2) is 54.6 Å². The molecule has 6 nitrogen and oxygen atoms in total. The van der Waals surface area contributed by atoms with Crippen LogP contribution in [0.3, 0.4) is 0 Å². The maximum atomic E-state index is 13.3. The van der Waals surface area contributed by atoms with Crippen molar-refractivity contribution in [2.75, 3.05) is 20.2 Å². The highest BCUT2D eigenvalue weighted by Crippen LogP contribution is 2.41. The minimum Gasteiger partial charge on any atom is -0.614 e. The summed E-state index contributed by atoms with van der Waals surface area (Å²) in [5, 5.41) is -0.584. The fourth-order valence-corrected chi connectivity index (χ4v) is 6.73. The van der Waals surface area contributed by atoms with Crippen LogP contribution in [0.5, 0.6) is 5.75 Å². The van der Waals surface area contributed by atoms with E-state index in [9.17, 15) is 13.6 Å². The predicted octanol–water partition coefficient (Wildman–Crippen LogP) is 2.70. The molecule has 2 aliphatic heterocycles. The highest BCUT2D eigenvalue weighted by atomic mass is 32.3. The van der Waals surface area contributed by atoms with E-state index in [4.69, 9.17) is 4.74 Å². The normalized spacial score (nSPS) is 28.4. The third-order valence-corrected chi connectivity index (χ3v) is 9.19. The number of hydrogen-bond donors (Lipinski definition) is 0. The highest BCUT2D eigenvalue weighted by Gasteiger charge is 2.63. The van der Waals surface area contributed by atoms with Gasteiger partial charge in [0, 0.05) is 26.2 Å². The van der Waals surface area contributed by atoms with E-state index in [1.54, 1.807) is 25.9 Å². The zero-order valence-corrected chi connectivity index (χ0v) is 18.4. The quantitative estimate of drug-likeness (QED) is 0.685. The number of sulfone groups is 1. The van der Waals surface area contributed by atoms with E-state index in [-0.39, 0.29) is 11.9 Å². The Balaban J connectivity index is 1.62.